The molecule has 0 saturated heterocycles. The lowest BCUT2D eigenvalue weighted by Gasteiger charge is -2.12. The second-order valence-corrected chi connectivity index (χ2v) is 12.7. The predicted molar refractivity (Wildman–Crippen MR) is 196 cm³/mol. The first-order valence-electron chi connectivity index (χ1n) is 15.5. The maximum absolute atomic E-state index is 6.26. The van der Waals surface area contributed by atoms with Crippen LogP contribution in [0.5, 0.6) is 0 Å². The van der Waals surface area contributed by atoms with E-state index in [9.17, 15) is 0 Å². The fourth-order valence-corrected chi connectivity index (χ4v) is 7.24. The average molecular weight is 658 g/mol. The molecule has 0 atom stereocenters. The van der Waals surface area contributed by atoms with Gasteiger partial charge in [0.1, 0.15) is 5.65 Å². The molecule has 0 bridgehead atoms. The van der Waals surface area contributed by atoms with Gasteiger partial charge in [-0.05, 0) is 84.2 Å². The van der Waals surface area contributed by atoms with Crippen molar-refractivity contribution in [3.63, 3.8) is 0 Å². The van der Waals surface area contributed by atoms with Gasteiger partial charge in [-0.1, -0.05) is 77.8 Å². The molecule has 48 heavy (non-hydrogen) atoms. The molecule has 8 heteroatoms. The van der Waals surface area contributed by atoms with Crippen molar-refractivity contribution in [2.45, 2.75) is 0 Å². The molecule has 226 valence electrons. The van der Waals surface area contributed by atoms with Crippen molar-refractivity contribution in [3.8, 4) is 28.7 Å². The van der Waals surface area contributed by atoms with E-state index in [1.54, 1.807) is 0 Å². The van der Waals surface area contributed by atoms with Gasteiger partial charge in [0.05, 0.1) is 27.6 Å². The quantitative estimate of drug-likeness (QED) is 0.177. The second kappa shape index (κ2) is 10.3. The largest absolute Gasteiger partial charge is 0.292 e. The first-order chi connectivity index (χ1) is 23.6. The summed E-state index contributed by atoms with van der Waals surface area (Å²) < 4.78 is 4.44. The maximum Gasteiger partial charge on any atom is 0.238 e. The van der Waals surface area contributed by atoms with Gasteiger partial charge in [0.25, 0.3) is 0 Å². The van der Waals surface area contributed by atoms with E-state index >= 15 is 0 Å². The summed E-state index contributed by atoms with van der Waals surface area (Å²) in [6, 6.07) is 44.8. The first kappa shape index (κ1) is 27.3. The summed E-state index contributed by atoms with van der Waals surface area (Å²) in [5.41, 5.74) is 7.74. The molecule has 10 rings (SSSR count). The molecule has 6 nitrogen and oxygen atoms in total. The minimum Gasteiger partial charge on any atom is -0.292 e. The number of rotatable bonds is 3. The maximum atomic E-state index is 6.26. The van der Waals surface area contributed by atoms with Crippen LogP contribution in [0, 0.1) is 0 Å². The Kier molecular flexibility index (Phi) is 5.88. The van der Waals surface area contributed by atoms with Crippen LogP contribution in [0.2, 0.25) is 10.0 Å². The van der Waals surface area contributed by atoms with Gasteiger partial charge in [0, 0.05) is 42.7 Å². The monoisotopic (exact) mass is 656 g/mol. The Labute approximate surface area is 283 Å². The molecule has 0 saturated carbocycles. The molecule has 6 aromatic carbocycles. The van der Waals surface area contributed by atoms with Crippen molar-refractivity contribution in [1.82, 2.24) is 28.9 Å². The Morgan fingerprint density at radius 2 is 0.958 bits per heavy atom. The van der Waals surface area contributed by atoms with E-state index in [1.165, 1.54) is 0 Å². The number of benzene rings is 6. The van der Waals surface area contributed by atoms with Gasteiger partial charge in [0.15, 0.2) is 11.6 Å². The van der Waals surface area contributed by atoms with E-state index in [2.05, 4.69) is 87.8 Å². The molecule has 0 amide bonds. The summed E-state index contributed by atoms with van der Waals surface area (Å²) in [5.74, 6) is 1.61. The fourth-order valence-electron chi connectivity index (χ4n) is 6.99. The van der Waals surface area contributed by atoms with Crippen LogP contribution in [0.15, 0.2) is 133 Å². The van der Waals surface area contributed by atoms with Gasteiger partial charge < -0.3 is 0 Å². The molecule has 10 aromatic rings. The molecular formula is C40H22Cl2N6. The summed E-state index contributed by atoms with van der Waals surface area (Å²) in [6.07, 6.45) is 0. The summed E-state index contributed by atoms with van der Waals surface area (Å²) in [7, 11) is 0. The fraction of sp³-hybridized carbons (Fsp3) is 0. The standard InChI is InChI=1S/C40H22Cl2N6/c41-25-17-13-23(14-18-25)37-44-38(24-15-19-26(42)20-16-24)46-40(45-37)48-31-11-5-3-9-29(31)36-34(48)22-21-33-35(36)27-7-1-2-8-28(27)39-43-30-10-4-6-12-32(30)47(33)39/h1-22H. The Bertz CT molecular complexity index is 2840. The van der Waals surface area contributed by atoms with Crippen molar-refractivity contribution in [2.24, 2.45) is 0 Å². The number of aromatic nitrogens is 6. The molecule has 0 aliphatic rings. The van der Waals surface area contributed by atoms with Crippen molar-refractivity contribution < 1.29 is 0 Å². The van der Waals surface area contributed by atoms with Crippen LogP contribution in [0.3, 0.4) is 0 Å². The predicted octanol–water partition coefficient (Wildman–Crippen LogP) is 10.7. The Morgan fingerprint density at radius 1 is 0.417 bits per heavy atom. The van der Waals surface area contributed by atoms with Gasteiger partial charge in [-0.2, -0.15) is 9.97 Å². The van der Waals surface area contributed by atoms with Gasteiger partial charge in [-0.25, -0.2) is 9.97 Å². The Hall–Kier alpha value is -5.82. The second-order valence-electron chi connectivity index (χ2n) is 11.8. The zero-order valence-corrected chi connectivity index (χ0v) is 26.7. The van der Waals surface area contributed by atoms with Crippen LogP contribution >= 0.6 is 23.2 Å². The summed E-state index contributed by atoms with van der Waals surface area (Å²) in [6.45, 7) is 0. The molecule has 0 radical (unpaired) electrons. The Morgan fingerprint density at radius 3 is 1.65 bits per heavy atom. The van der Waals surface area contributed by atoms with Crippen LogP contribution < -0.4 is 0 Å². The number of hydrogen-bond donors (Lipinski definition) is 0. The minimum absolute atomic E-state index is 0.518. The van der Waals surface area contributed by atoms with Gasteiger partial charge in [-0.15, -0.1) is 0 Å². The summed E-state index contributed by atoms with van der Waals surface area (Å²) in [4.78, 5) is 20.2. The Balaban J connectivity index is 1.36. The number of halogens is 2. The molecule has 0 fully saturated rings. The van der Waals surface area contributed by atoms with E-state index in [1.807, 2.05) is 54.6 Å². The lowest BCUT2D eigenvalue weighted by atomic mass is 10.0. The van der Waals surface area contributed by atoms with Crippen LogP contribution in [0.4, 0.5) is 0 Å². The summed E-state index contributed by atoms with van der Waals surface area (Å²) in [5, 5.41) is 6.91. The number of para-hydroxylation sites is 3. The molecule has 4 heterocycles. The third-order valence-corrected chi connectivity index (χ3v) is 9.59. The first-order valence-corrected chi connectivity index (χ1v) is 16.3. The average Bonchev–Trinajstić information content (AvgIpc) is 3.69. The van der Waals surface area contributed by atoms with E-state index in [0.717, 1.165) is 71.3 Å². The highest BCUT2D eigenvalue weighted by atomic mass is 35.5. The minimum atomic E-state index is 0.518. The number of nitrogens with zero attached hydrogens (tertiary/aromatic N) is 6. The molecule has 0 aliphatic heterocycles. The SMILES string of the molecule is Clc1ccc(-c2nc(-c3ccc(Cl)cc3)nc(-n3c4ccccc4c4c5c6ccccc6c6nc7ccccc7n6c5ccc43)n2)cc1. The van der Waals surface area contributed by atoms with Crippen molar-refractivity contribution in [1.29, 1.82) is 0 Å². The zero-order valence-electron chi connectivity index (χ0n) is 25.1. The van der Waals surface area contributed by atoms with Crippen LogP contribution in [-0.4, -0.2) is 28.9 Å². The van der Waals surface area contributed by atoms with Gasteiger partial charge >= 0.3 is 0 Å². The normalized spacial score (nSPS) is 12.0. The molecule has 0 unspecified atom stereocenters. The zero-order chi connectivity index (χ0) is 31.9. The highest BCUT2D eigenvalue weighted by molar-refractivity contribution is 6.31. The van der Waals surface area contributed by atoms with Crippen molar-refractivity contribution in [3.05, 3.63) is 144 Å². The van der Waals surface area contributed by atoms with E-state index in [-0.39, 0.29) is 0 Å². The highest BCUT2D eigenvalue weighted by Crippen LogP contribution is 2.41. The third-order valence-electron chi connectivity index (χ3n) is 9.08. The molecular weight excluding hydrogens is 635 g/mol. The third kappa shape index (κ3) is 4.00. The lowest BCUT2D eigenvalue weighted by molar-refractivity contribution is 0.953. The van der Waals surface area contributed by atoms with E-state index in [4.69, 9.17) is 43.1 Å². The summed E-state index contributed by atoms with van der Waals surface area (Å²) >= 11 is 12.5. The molecule has 0 N–H and O–H groups in total. The van der Waals surface area contributed by atoms with Crippen LogP contribution in [0.25, 0.3) is 88.9 Å². The number of pyridine rings is 1. The van der Waals surface area contributed by atoms with E-state index < -0.39 is 0 Å². The van der Waals surface area contributed by atoms with Gasteiger partial charge in [-0.3, -0.25) is 8.97 Å². The molecule has 4 aromatic heterocycles. The lowest BCUT2D eigenvalue weighted by Crippen LogP contribution is -2.06. The smallest absolute Gasteiger partial charge is 0.238 e. The molecule has 0 spiro atoms. The van der Waals surface area contributed by atoms with Gasteiger partial charge in [0.2, 0.25) is 5.95 Å². The highest BCUT2D eigenvalue weighted by Gasteiger charge is 2.22. The number of imidazole rings is 1. The topological polar surface area (TPSA) is 60.9 Å². The van der Waals surface area contributed by atoms with Crippen molar-refractivity contribution >= 4 is 83.4 Å². The van der Waals surface area contributed by atoms with E-state index in [0.29, 0.717) is 27.6 Å². The van der Waals surface area contributed by atoms with Crippen LogP contribution in [0.1, 0.15) is 0 Å². The van der Waals surface area contributed by atoms with Crippen molar-refractivity contribution in [2.75, 3.05) is 0 Å². The molecule has 0 aliphatic carbocycles. The van der Waals surface area contributed by atoms with Crippen LogP contribution in [-0.2, 0) is 0 Å². The number of hydrogen-bond acceptors (Lipinski definition) is 4. The number of fused-ring (bicyclic) bond motifs is 12.